The van der Waals surface area contributed by atoms with Crippen LogP contribution in [0.5, 0.6) is 0 Å². The average Bonchev–Trinajstić information content (AvgIpc) is 1.94. The molecule has 0 atom stereocenters. The van der Waals surface area contributed by atoms with Gasteiger partial charge in [0.1, 0.15) is 0 Å². The van der Waals surface area contributed by atoms with Crippen LogP contribution in [0.1, 0.15) is 26.7 Å². The van der Waals surface area contributed by atoms with Gasteiger partial charge in [0.05, 0.1) is 6.61 Å². The first-order valence-electron chi connectivity index (χ1n) is 4.77. The molecule has 3 heteroatoms. The van der Waals surface area contributed by atoms with Gasteiger partial charge in [0.25, 0.3) is 0 Å². The molecule has 0 bridgehead atoms. The van der Waals surface area contributed by atoms with Crippen molar-refractivity contribution in [3.05, 3.63) is 0 Å². The zero-order chi connectivity index (χ0) is 9.14. The Labute approximate surface area is 74.5 Å². The van der Waals surface area contributed by atoms with Crippen LogP contribution in [0.15, 0.2) is 0 Å². The van der Waals surface area contributed by atoms with Crippen molar-refractivity contribution in [1.82, 2.24) is 4.90 Å². The Bertz CT molecular complexity index is 132. The predicted molar refractivity (Wildman–Crippen MR) is 49.9 cm³/mol. The largest absolute Gasteiger partial charge is 0.395 e. The molecule has 0 heterocycles. The van der Waals surface area contributed by atoms with Gasteiger partial charge in [-0.3, -0.25) is 4.90 Å². The van der Waals surface area contributed by atoms with Gasteiger partial charge in [-0.1, -0.05) is 0 Å². The summed E-state index contributed by atoms with van der Waals surface area (Å²) < 4.78 is 0. The molecule has 1 fully saturated rings. The van der Waals surface area contributed by atoms with Crippen LogP contribution < -0.4 is 5.73 Å². The summed E-state index contributed by atoms with van der Waals surface area (Å²) in [4.78, 5) is 2.34. The standard InChI is InChI=1S/C9H20N2O/c1-7(2)11(3-4-12)9-5-8(10)6-9/h7-9,12H,3-6,10H2,1-2H3. The molecule has 1 rings (SSSR count). The number of aliphatic hydroxyl groups excluding tert-OH is 1. The van der Waals surface area contributed by atoms with Crippen molar-refractivity contribution in [1.29, 1.82) is 0 Å². The Hall–Kier alpha value is -0.120. The summed E-state index contributed by atoms with van der Waals surface area (Å²) >= 11 is 0. The van der Waals surface area contributed by atoms with Crippen LogP contribution in [-0.2, 0) is 0 Å². The molecular formula is C9H20N2O. The summed E-state index contributed by atoms with van der Waals surface area (Å²) in [6.07, 6.45) is 2.19. The van der Waals surface area contributed by atoms with E-state index in [1.54, 1.807) is 0 Å². The van der Waals surface area contributed by atoms with Gasteiger partial charge >= 0.3 is 0 Å². The fourth-order valence-corrected chi connectivity index (χ4v) is 1.88. The van der Waals surface area contributed by atoms with Crippen molar-refractivity contribution in [3.63, 3.8) is 0 Å². The van der Waals surface area contributed by atoms with Gasteiger partial charge in [0, 0.05) is 24.7 Å². The minimum Gasteiger partial charge on any atom is -0.395 e. The summed E-state index contributed by atoms with van der Waals surface area (Å²) in [5, 5.41) is 8.85. The summed E-state index contributed by atoms with van der Waals surface area (Å²) in [6, 6.07) is 1.54. The Morgan fingerprint density at radius 1 is 1.50 bits per heavy atom. The SMILES string of the molecule is CC(C)N(CCO)C1CC(N)C1. The van der Waals surface area contributed by atoms with E-state index < -0.39 is 0 Å². The Morgan fingerprint density at radius 3 is 2.42 bits per heavy atom. The number of hydrogen-bond donors (Lipinski definition) is 2. The fraction of sp³-hybridized carbons (Fsp3) is 1.00. The molecule has 0 aromatic heterocycles. The third kappa shape index (κ3) is 2.19. The van der Waals surface area contributed by atoms with Crippen LogP contribution in [0.3, 0.4) is 0 Å². The molecular weight excluding hydrogens is 152 g/mol. The highest BCUT2D eigenvalue weighted by atomic mass is 16.3. The summed E-state index contributed by atoms with van der Waals surface area (Å²) in [5.74, 6) is 0. The highest BCUT2D eigenvalue weighted by Crippen LogP contribution is 2.25. The van der Waals surface area contributed by atoms with E-state index in [2.05, 4.69) is 18.7 Å². The first kappa shape index (κ1) is 9.96. The Balaban J connectivity index is 2.33. The lowest BCUT2D eigenvalue weighted by Gasteiger charge is -2.43. The minimum atomic E-state index is 0.254. The Kier molecular flexibility index (Phi) is 3.50. The zero-order valence-corrected chi connectivity index (χ0v) is 8.03. The molecule has 3 nitrogen and oxygen atoms in total. The number of nitrogens with two attached hydrogens (primary N) is 1. The van der Waals surface area contributed by atoms with Crippen molar-refractivity contribution >= 4 is 0 Å². The van der Waals surface area contributed by atoms with Gasteiger partial charge in [-0.15, -0.1) is 0 Å². The zero-order valence-electron chi connectivity index (χ0n) is 8.03. The molecule has 1 saturated carbocycles. The van der Waals surface area contributed by atoms with Crippen LogP contribution in [-0.4, -0.2) is 41.3 Å². The van der Waals surface area contributed by atoms with E-state index in [0.29, 0.717) is 18.1 Å². The number of aliphatic hydroxyl groups is 1. The van der Waals surface area contributed by atoms with Crippen molar-refractivity contribution in [2.24, 2.45) is 5.73 Å². The molecule has 0 spiro atoms. The van der Waals surface area contributed by atoms with E-state index in [1.165, 1.54) is 0 Å². The van der Waals surface area contributed by atoms with Gasteiger partial charge in [-0.2, -0.15) is 0 Å². The maximum absolute atomic E-state index is 8.85. The Morgan fingerprint density at radius 2 is 2.08 bits per heavy atom. The number of rotatable bonds is 4. The van der Waals surface area contributed by atoms with E-state index in [-0.39, 0.29) is 6.61 Å². The summed E-state index contributed by atoms with van der Waals surface area (Å²) in [7, 11) is 0. The molecule has 3 N–H and O–H groups in total. The molecule has 1 aliphatic carbocycles. The molecule has 72 valence electrons. The molecule has 0 unspecified atom stereocenters. The van der Waals surface area contributed by atoms with E-state index in [4.69, 9.17) is 10.8 Å². The second kappa shape index (κ2) is 4.21. The lowest BCUT2D eigenvalue weighted by Crippen LogP contribution is -2.53. The molecule has 0 aromatic carbocycles. The third-order valence-electron chi connectivity index (χ3n) is 2.64. The highest BCUT2D eigenvalue weighted by Gasteiger charge is 2.31. The monoisotopic (exact) mass is 172 g/mol. The molecule has 0 radical (unpaired) electrons. The highest BCUT2D eigenvalue weighted by molar-refractivity contribution is 4.90. The average molecular weight is 172 g/mol. The minimum absolute atomic E-state index is 0.254. The smallest absolute Gasteiger partial charge is 0.0558 e. The summed E-state index contributed by atoms with van der Waals surface area (Å²) in [5.41, 5.74) is 5.71. The van der Waals surface area contributed by atoms with E-state index in [9.17, 15) is 0 Å². The van der Waals surface area contributed by atoms with Crippen molar-refractivity contribution < 1.29 is 5.11 Å². The van der Waals surface area contributed by atoms with Gasteiger partial charge in [0.15, 0.2) is 0 Å². The molecule has 0 aliphatic heterocycles. The van der Waals surface area contributed by atoms with Crippen LogP contribution in [0.4, 0.5) is 0 Å². The van der Waals surface area contributed by atoms with Crippen molar-refractivity contribution in [2.75, 3.05) is 13.2 Å². The van der Waals surface area contributed by atoms with Gasteiger partial charge in [-0.05, 0) is 26.7 Å². The quantitative estimate of drug-likeness (QED) is 0.636. The number of hydrogen-bond acceptors (Lipinski definition) is 3. The lowest BCUT2D eigenvalue weighted by atomic mass is 9.85. The molecule has 12 heavy (non-hydrogen) atoms. The topological polar surface area (TPSA) is 49.5 Å². The van der Waals surface area contributed by atoms with Gasteiger partial charge in [-0.25, -0.2) is 0 Å². The van der Waals surface area contributed by atoms with E-state index in [0.717, 1.165) is 19.4 Å². The van der Waals surface area contributed by atoms with E-state index in [1.807, 2.05) is 0 Å². The van der Waals surface area contributed by atoms with Gasteiger partial charge < -0.3 is 10.8 Å². The van der Waals surface area contributed by atoms with E-state index >= 15 is 0 Å². The third-order valence-corrected chi connectivity index (χ3v) is 2.64. The first-order chi connectivity index (χ1) is 5.65. The van der Waals surface area contributed by atoms with Crippen LogP contribution in [0.2, 0.25) is 0 Å². The van der Waals surface area contributed by atoms with Crippen LogP contribution >= 0.6 is 0 Å². The second-order valence-electron chi connectivity index (χ2n) is 3.94. The lowest BCUT2D eigenvalue weighted by molar-refractivity contribution is 0.0623. The first-order valence-corrected chi connectivity index (χ1v) is 4.77. The fourth-order valence-electron chi connectivity index (χ4n) is 1.88. The van der Waals surface area contributed by atoms with Crippen LogP contribution in [0, 0.1) is 0 Å². The predicted octanol–water partition coefficient (Wildman–Crippen LogP) is 0.179. The second-order valence-corrected chi connectivity index (χ2v) is 3.94. The number of nitrogens with zero attached hydrogens (tertiary/aromatic N) is 1. The van der Waals surface area contributed by atoms with Crippen molar-refractivity contribution in [3.8, 4) is 0 Å². The molecule has 1 aliphatic rings. The van der Waals surface area contributed by atoms with Crippen molar-refractivity contribution in [2.45, 2.75) is 44.8 Å². The molecule has 0 saturated heterocycles. The summed E-state index contributed by atoms with van der Waals surface area (Å²) in [6.45, 7) is 5.37. The maximum atomic E-state index is 8.85. The maximum Gasteiger partial charge on any atom is 0.0558 e. The molecule has 0 aromatic rings. The molecule has 0 amide bonds. The van der Waals surface area contributed by atoms with Gasteiger partial charge in [0.2, 0.25) is 0 Å². The van der Waals surface area contributed by atoms with Crippen LogP contribution in [0.25, 0.3) is 0 Å². The normalized spacial score (nSPS) is 29.5.